The summed E-state index contributed by atoms with van der Waals surface area (Å²) in [4.78, 5) is 25.5. The summed E-state index contributed by atoms with van der Waals surface area (Å²) in [6.07, 6.45) is 0. The first kappa shape index (κ1) is 23.1. The third kappa shape index (κ3) is 4.66. The van der Waals surface area contributed by atoms with Crippen molar-refractivity contribution < 1.29 is 13.9 Å². The normalized spacial score (nSPS) is 10.9. The maximum absolute atomic E-state index is 13.7. The summed E-state index contributed by atoms with van der Waals surface area (Å²) in [5.41, 5.74) is 1.17. The molecule has 0 saturated heterocycles. The zero-order chi connectivity index (χ0) is 24.2. The topological polar surface area (TPSA) is 122 Å². The Hall–Kier alpha value is -4.06. The first-order valence-corrected chi connectivity index (χ1v) is 11.2. The highest BCUT2D eigenvalue weighted by Gasteiger charge is 2.19. The summed E-state index contributed by atoms with van der Waals surface area (Å²) < 4.78 is 23.4. The van der Waals surface area contributed by atoms with Crippen molar-refractivity contribution in [1.82, 2.24) is 24.2 Å². The Morgan fingerprint density at radius 3 is 2.59 bits per heavy atom. The summed E-state index contributed by atoms with van der Waals surface area (Å²) >= 11 is 1.05. The van der Waals surface area contributed by atoms with Gasteiger partial charge in [0.2, 0.25) is 11.1 Å². The van der Waals surface area contributed by atoms with Crippen LogP contribution in [0.25, 0.3) is 5.69 Å². The van der Waals surface area contributed by atoms with Crippen LogP contribution < -0.4 is 21.5 Å². The molecule has 0 radical (unpaired) electrons. The molecule has 0 bridgehead atoms. The van der Waals surface area contributed by atoms with Gasteiger partial charge < -0.3 is 15.9 Å². The van der Waals surface area contributed by atoms with Gasteiger partial charge in [-0.2, -0.15) is 0 Å². The lowest BCUT2D eigenvalue weighted by Crippen LogP contribution is -2.24. The van der Waals surface area contributed by atoms with Gasteiger partial charge in [-0.1, -0.05) is 42.1 Å². The maximum atomic E-state index is 13.7. The van der Waals surface area contributed by atoms with E-state index in [0.717, 1.165) is 11.8 Å². The van der Waals surface area contributed by atoms with Crippen molar-refractivity contribution in [2.45, 2.75) is 18.7 Å². The number of anilines is 1. The summed E-state index contributed by atoms with van der Waals surface area (Å²) in [7, 11) is 1.75. The quantitative estimate of drug-likeness (QED) is 0.291. The van der Waals surface area contributed by atoms with Crippen molar-refractivity contribution in [3.05, 3.63) is 82.3 Å². The summed E-state index contributed by atoms with van der Waals surface area (Å²) in [5.74, 6) is 5.36. The highest BCUT2D eigenvalue weighted by atomic mass is 32.2. The molecule has 10 nitrogen and oxygen atoms in total. The molecule has 34 heavy (non-hydrogen) atoms. The number of amides is 1. The second-order valence-corrected chi connectivity index (χ2v) is 8.20. The van der Waals surface area contributed by atoms with Gasteiger partial charge in [0.05, 0.1) is 17.1 Å². The predicted octanol–water partition coefficient (Wildman–Crippen LogP) is 2.24. The highest BCUT2D eigenvalue weighted by Crippen LogP contribution is 2.19. The number of ether oxygens (including phenoxy) is 1. The lowest BCUT2D eigenvalue weighted by Gasteiger charge is -2.07. The van der Waals surface area contributed by atoms with Crippen molar-refractivity contribution in [3.63, 3.8) is 0 Å². The molecule has 0 aliphatic rings. The van der Waals surface area contributed by atoms with E-state index in [1.165, 1.54) is 21.5 Å². The van der Waals surface area contributed by atoms with Crippen LogP contribution in [-0.2, 0) is 18.4 Å². The number of nitrogens with two attached hydrogens (primary N) is 1. The second kappa shape index (κ2) is 9.83. The van der Waals surface area contributed by atoms with Crippen LogP contribution in [-0.4, -0.2) is 35.9 Å². The lowest BCUT2D eigenvalue weighted by atomic mass is 10.3. The van der Waals surface area contributed by atoms with Crippen molar-refractivity contribution in [1.29, 1.82) is 0 Å². The summed E-state index contributed by atoms with van der Waals surface area (Å²) in [5, 5.41) is 10.8. The number of thioether (sulfide) groups is 1. The number of nitrogens with zero attached hydrogens (tertiary/aromatic N) is 5. The van der Waals surface area contributed by atoms with E-state index < -0.39 is 11.7 Å². The van der Waals surface area contributed by atoms with Gasteiger partial charge in [0.15, 0.2) is 17.4 Å². The molecule has 0 unspecified atom stereocenters. The Kier molecular flexibility index (Phi) is 6.68. The largest absolute Gasteiger partial charge is 0.482 e. The van der Waals surface area contributed by atoms with Crippen LogP contribution >= 0.6 is 11.8 Å². The highest BCUT2D eigenvalue weighted by molar-refractivity contribution is 7.99. The number of hydrogen-bond donors (Lipinski definition) is 2. The number of halogens is 1. The molecule has 2 aromatic heterocycles. The number of aromatic nitrogens is 5. The molecule has 1 amide bonds. The number of benzene rings is 2. The fourth-order valence-corrected chi connectivity index (χ4v) is 3.90. The monoisotopic (exact) mass is 483 g/mol. The molecule has 176 valence electrons. The average molecular weight is 484 g/mol. The van der Waals surface area contributed by atoms with E-state index >= 15 is 0 Å². The first-order chi connectivity index (χ1) is 16.4. The van der Waals surface area contributed by atoms with E-state index in [1.807, 2.05) is 30.3 Å². The SMILES string of the molecule is Cc1c(NC(=O)CSc2nnc(COc3ccccc3F)n2N)c(=O)n(-c2ccccc2)n1C. The van der Waals surface area contributed by atoms with E-state index in [1.54, 1.807) is 30.8 Å². The molecule has 12 heteroatoms. The number of hydrogen-bond acceptors (Lipinski definition) is 7. The van der Waals surface area contributed by atoms with E-state index in [2.05, 4.69) is 15.5 Å². The van der Waals surface area contributed by atoms with Crippen LogP contribution in [0.3, 0.4) is 0 Å². The molecule has 0 aliphatic heterocycles. The lowest BCUT2D eigenvalue weighted by molar-refractivity contribution is -0.113. The zero-order valence-corrected chi connectivity index (χ0v) is 19.3. The Morgan fingerprint density at radius 1 is 1.15 bits per heavy atom. The Labute approximate surface area is 198 Å². The third-order valence-electron chi connectivity index (χ3n) is 5.08. The van der Waals surface area contributed by atoms with E-state index in [9.17, 15) is 14.0 Å². The van der Waals surface area contributed by atoms with Crippen molar-refractivity contribution >= 4 is 23.4 Å². The van der Waals surface area contributed by atoms with Crippen LogP contribution in [0.5, 0.6) is 5.75 Å². The van der Waals surface area contributed by atoms with Crippen LogP contribution in [0.1, 0.15) is 11.5 Å². The Morgan fingerprint density at radius 2 is 1.85 bits per heavy atom. The number of rotatable bonds is 8. The van der Waals surface area contributed by atoms with Crippen LogP contribution in [0.2, 0.25) is 0 Å². The fourth-order valence-electron chi connectivity index (χ4n) is 3.23. The van der Waals surface area contributed by atoms with Crippen molar-refractivity contribution in [3.8, 4) is 11.4 Å². The number of carbonyl (C=O) groups is 1. The molecule has 0 spiro atoms. The number of carbonyl (C=O) groups excluding carboxylic acids is 1. The molecule has 0 atom stereocenters. The minimum atomic E-state index is -0.501. The molecule has 4 rings (SSSR count). The molecule has 0 fully saturated rings. The summed E-state index contributed by atoms with van der Waals surface area (Å²) in [6.45, 7) is 1.65. The van der Waals surface area contributed by atoms with Crippen LogP contribution in [0, 0.1) is 12.7 Å². The standard InChI is InChI=1S/C22H22FN7O3S/c1-14-20(21(32)30(28(14)2)15-8-4-3-5-9-15)25-19(31)13-34-22-27-26-18(29(22)24)12-33-17-11-7-6-10-16(17)23/h3-11H,12-13,24H2,1-2H3,(H,25,31). The van der Waals surface area contributed by atoms with E-state index in [4.69, 9.17) is 10.6 Å². The Bertz CT molecular complexity index is 1380. The predicted molar refractivity (Wildman–Crippen MR) is 126 cm³/mol. The molecular weight excluding hydrogens is 461 g/mol. The zero-order valence-electron chi connectivity index (χ0n) is 18.4. The number of para-hydroxylation sites is 2. The maximum Gasteiger partial charge on any atom is 0.295 e. The van der Waals surface area contributed by atoms with Gasteiger partial charge in [-0.05, 0) is 31.2 Å². The van der Waals surface area contributed by atoms with Crippen molar-refractivity contribution in [2.24, 2.45) is 7.05 Å². The summed E-state index contributed by atoms with van der Waals surface area (Å²) in [6, 6.07) is 15.1. The van der Waals surface area contributed by atoms with Crippen LogP contribution in [0.15, 0.2) is 64.5 Å². The van der Waals surface area contributed by atoms with E-state index in [0.29, 0.717) is 11.4 Å². The number of nitrogen functional groups attached to an aromatic ring is 1. The molecule has 0 saturated carbocycles. The van der Waals surface area contributed by atoms with E-state index in [-0.39, 0.29) is 40.3 Å². The van der Waals surface area contributed by atoms with Gasteiger partial charge in [-0.15, -0.1) is 10.2 Å². The molecule has 4 aromatic rings. The average Bonchev–Trinajstić information content (AvgIpc) is 3.29. The van der Waals surface area contributed by atoms with Crippen LogP contribution in [0.4, 0.5) is 10.1 Å². The van der Waals surface area contributed by atoms with Gasteiger partial charge in [-0.3, -0.25) is 14.3 Å². The second-order valence-electron chi connectivity index (χ2n) is 7.26. The van der Waals surface area contributed by atoms with Gasteiger partial charge in [0.25, 0.3) is 5.56 Å². The third-order valence-corrected chi connectivity index (χ3v) is 6.02. The molecule has 2 aromatic carbocycles. The first-order valence-electron chi connectivity index (χ1n) is 10.2. The van der Waals surface area contributed by atoms with Gasteiger partial charge >= 0.3 is 0 Å². The fraction of sp³-hybridized carbons (Fsp3) is 0.182. The number of nitrogens with one attached hydrogen (secondary N) is 1. The van der Waals surface area contributed by atoms with Gasteiger partial charge in [0.1, 0.15) is 12.3 Å². The van der Waals surface area contributed by atoms with Crippen molar-refractivity contribution in [2.75, 3.05) is 16.9 Å². The molecular formula is C22H22FN7O3S. The smallest absolute Gasteiger partial charge is 0.295 e. The molecule has 3 N–H and O–H groups in total. The molecule has 0 aliphatic carbocycles. The minimum absolute atomic E-state index is 0.0530. The molecule has 2 heterocycles. The van der Waals surface area contributed by atoms with Gasteiger partial charge in [-0.25, -0.2) is 13.7 Å². The Balaban J connectivity index is 1.40. The minimum Gasteiger partial charge on any atom is -0.482 e. The van der Waals surface area contributed by atoms with Gasteiger partial charge in [0, 0.05) is 7.05 Å².